The average Bonchev–Trinajstić information content (AvgIpc) is 3.26. The maximum absolute atomic E-state index is 14.0. The van der Waals surface area contributed by atoms with Crippen molar-refractivity contribution in [3.05, 3.63) is 77.5 Å². The molecule has 2 aliphatic heterocycles. The first-order valence-corrected chi connectivity index (χ1v) is 12.3. The molecule has 4 aromatic rings. The van der Waals surface area contributed by atoms with Gasteiger partial charge in [0.05, 0.1) is 25.5 Å². The van der Waals surface area contributed by atoms with E-state index in [4.69, 9.17) is 4.74 Å². The number of pyridine rings is 1. The lowest BCUT2D eigenvalue weighted by molar-refractivity contribution is -0.122. The molecular formula is C28H26FN5O3. The van der Waals surface area contributed by atoms with Gasteiger partial charge in [0.1, 0.15) is 29.5 Å². The van der Waals surface area contributed by atoms with E-state index in [0.717, 1.165) is 39.2 Å². The van der Waals surface area contributed by atoms with Gasteiger partial charge in [-0.2, -0.15) is 0 Å². The number of aromatic nitrogens is 3. The Balaban J connectivity index is 1.31. The van der Waals surface area contributed by atoms with Crippen LogP contribution in [0.15, 0.2) is 55.0 Å². The molecule has 37 heavy (non-hydrogen) atoms. The number of benzene rings is 2. The monoisotopic (exact) mass is 499 g/mol. The highest BCUT2D eigenvalue weighted by Crippen LogP contribution is 2.35. The molecule has 1 N–H and O–H groups in total. The molecule has 0 bridgehead atoms. The van der Waals surface area contributed by atoms with Crippen molar-refractivity contribution in [3.63, 3.8) is 0 Å². The Morgan fingerprint density at radius 3 is 2.89 bits per heavy atom. The van der Waals surface area contributed by atoms with Crippen LogP contribution in [0.4, 0.5) is 9.18 Å². The zero-order valence-corrected chi connectivity index (χ0v) is 20.4. The maximum Gasteiger partial charge on any atom is 0.320 e. The smallest absolute Gasteiger partial charge is 0.320 e. The second kappa shape index (κ2) is 9.31. The number of aryl methyl sites for hydroxylation is 1. The SMILES string of the molecule is Cc1cc(-c2cnc3[nH]cnc3c2)cc2c1OCCN(C(=O)N1CCC(=O)CC1c1cccc(F)c1)C2. The number of fused-ring (bicyclic) bond motifs is 2. The number of carbonyl (C=O) groups is 2. The van der Waals surface area contributed by atoms with E-state index in [1.54, 1.807) is 34.5 Å². The van der Waals surface area contributed by atoms with Crippen molar-refractivity contribution in [1.29, 1.82) is 0 Å². The first-order chi connectivity index (χ1) is 18.0. The second-order valence-electron chi connectivity index (χ2n) is 9.59. The van der Waals surface area contributed by atoms with Crippen LogP contribution < -0.4 is 4.74 Å². The highest BCUT2D eigenvalue weighted by molar-refractivity contribution is 5.84. The number of amides is 2. The van der Waals surface area contributed by atoms with Gasteiger partial charge in [0.25, 0.3) is 0 Å². The Bertz CT molecular complexity index is 1520. The van der Waals surface area contributed by atoms with Gasteiger partial charge in [-0.1, -0.05) is 12.1 Å². The first kappa shape index (κ1) is 23.1. The normalized spacial score (nSPS) is 17.9. The van der Waals surface area contributed by atoms with E-state index in [9.17, 15) is 14.0 Å². The van der Waals surface area contributed by atoms with E-state index in [2.05, 4.69) is 21.0 Å². The summed E-state index contributed by atoms with van der Waals surface area (Å²) in [5.74, 6) is 0.472. The standard InChI is InChI=1S/C28H26FN5O3/c1-17-9-19(20-12-24-27(30-14-20)32-16-31-24)10-21-15-33(7-8-37-26(17)21)28(36)34-6-5-23(35)13-25(34)18-3-2-4-22(29)11-18/h2-4,9-12,14,16,25H,5-8,13,15H2,1H3,(H,30,31,32). The number of carbonyl (C=O) groups excluding carboxylic acids is 2. The van der Waals surface area contributed by atoms with Gasteiger partial charge in [-0.15, -0.1) is 0 Å². The van der Waals surface area contributed by atoms with Crippen LogP contribution in [-0.4, -0.2) is 56.3 Å². The number of hydrogen-bond donors (Lipinski definition) is 1. The summed E-state index contributed by atoms with van der Waals surface area (Å²) in [7, 11) is 0. The third kappa shape index (κ3) is 4.41. The Kier molecular flexibility index (Phi) is 5.82. The number of H-pyrrole nitrogens is 1. The molecule has 1 atom stereocenters. The van der Waals surface area contributed by atoms with E-state index in [0.29, 0.717) is 38.2 Å². The third-order valence-corrected chi connectivity index (χ3v) is 7.10. The van der Waals surface area contributed by atoms with Crippen LogP contribution in [0, 0.1) is 12.7 Å². The number of ether oxygens (including phenoxy) is 1. The van der Waals surface area contributed by atoms with Gasteiger partial charge in [-0.25, -0.2) is 19.2 Å². The Labute approximate surface area is 213 Å². The molecule has 2 aromatic heterocycles. The van der Waals surface area contributed by atoms with Gasteiger partial charge >= 0.3 is 6.03 Å². The topological polar surface area (TPSA) is 91.4 Å². The van der Waals surface area contributed by atoms with Crippen LogP contribution in [0.3, 0.4) is 0 Å². The summed E-state index contributed by atoms with van der Waals surface area (Å²) in [6.07, 6.45) is 3.90. The van der Waals surface area contributed by atoms with Gasteiger partial charge in [0.15, 0.2) is 5.65 Å². The molecule has 9 heteroatoms. The molecule has 0 aliphatic carbocycles. The van der Waals surface area contributed by atoms with Crippen molar-refractivity contribution in [1.82, 2.24) is 24.8 Å². The lowest BCUT2D eigenvalue weighted by atomic mass is 9.94. The number of Topliss-reactive ketones (excluding diaryl/α,β-unsaturated/α-hetero) is 1. The number of halogens is 1. The quantitative estimate of drug-likeness (QED) is 0.428. The Morgan fingerprint density at radius 2 is 2.03 bits per heavy atom. The van der Waals surface area contributed by atoms with Gasteiger partial charge in [-0.05, 0) is 53.9 Å². The van der Waals surface area contributed by atoms with Crippen LogP contribution >= 0.6 is 0 Å². The number of nitrogens with one attached hydrogen (secondary N) is 1. The number of imidazole rings is 1. The van der Waals surface area contributed by atoms with Crippen LogP contribution in [0.1, 0.15) is 35.6 Å². The van der Waals surface area contributed by atoms with Crippen molar-refractivity contribution < 1.29 is 18.7 Å². The minimum atomic E-state index is -0.493. The number of ketones is 1. The van der Waals surface area contributed by atoms with E-state index in [1.165, 1.54) is 12.1 Å². The van der Waals surface area contributed by atoms with Crippen LogP contribution in [-0.2, 0) is 11.3 Å². The van der Waals surface area contributed by atoms with Crippen molar-refractivity contribution in [2.45, 2.75) is 32.4 Å². The third-order valence-electron chi connectivity index (χ3n) is 7.10. The number of piperidine rings is 1. The fraction of sp³-hybridized carbons (Fsp3) is 0.286. The summed E-state index contributed by atoms with van der Waals surface area (Å²) in [4.78, 5) is 41.3. The average molecular weight is 500 g/mol. The second-order valence-corrected chi connectivity index (χ2v) is 9.59. The molecule has 1 saturated heterocycles. The highest BCUT2D eigenvalue weighted by Gasteiger charge is 2.35. The molecule has 0 saturated carbocycles. The van der Waals surface area contributed by atoms with Crippen LogP contribution in [0.25, 0.3) is 22.3 Å². The Hall–Kier alpha value is -4.27. The summed E-state index contributed by atoms with van der Waals surface area (Å²) >= 11 is 0. The predicted molar refractivity (Wildman–Crippen MR) is 135 cm³/mol. The van der Waals surface area contributed by atoms with E-state index >= 15 is 0 Å². The van der Waals surface area contributed by atoms with Crippen LogP contribution in [0.2, 0.25) is 0 Å². The summed E-state index contributed by atoms with van der Waals surface area (Å²) in [6, 6.07) is 11.6. The molecule has 8 nitrogen and oxygen atoms in total. The lowest BCUT2D eigenvalue weighted by Gasteiger charge is -2.38. The van der Waals surface area contributed by atoms with Crippen molar-refractivity contribution >= 4 is 23.0 Å². The van der Waals surface area contributed by atoms with Crippen molar-refractivity contribution in [2.75, 3.05) is 19.7 Å². The van der Waals surface area contributed by atoms with Crippen molar-refractivity contribution in [3.8, 4) is 16.9 Å². The molecular weight excluding hydrogens is 473 g/mol. The van der Waals surface area contributed by atoms with Gasteiger partial charge in [0, 0.05) is 36.7 Å². The minimum Gasteiger partial charge on any atom is -0.491 e. The number of urea groups is 1. The summed E-state index contributed by atoms with van der Waals surface area (Å²) in [5.41, 5.74) is 5.90. The molecule has 0 spiro atoms. The summed E-state index contributed by atoms with van der Waals surface area (Å²) < 4.78 is 20.1. The number of nitrogens with zero attached hydrogens (tertiary/aromatic N) is 4. The molecule has 1 unspecified atom stereocenters. The fourth-order valence-electron chi connectivity index (χ4n) is 5.28. The minimum absolute atomic E-state index is 0.0746. The molecule has 0 radical (unpaired) electrons. The van der Waals surface area contributed by atoms with E-state index < -0.39 is 6.04 Å². The molecule has 2 aliphatic rings. The summed E-state index contributed by atoms with van der Waals surface area (Å²) in [5, 5.41) is 0. The number of hydrogen-bond acceptors (Lipinski definition) is 5. The fourth-order valence-corrected chi connectivity index (χ4v) is 5.28. The molecule has 188 valence electrons. The maximum atomic E-state index is 14.0. The van der Waals surface area contributed by atoms with Crippen LogP contribution in [0.5, 0.6) is 5.75 Å². The molecule has 6 rings (SSSR count). The lowest BCUT2D eigenvalue weighted by Crippen LogP contribution is -2.48. The Morgan fingerprint density at radius 1 is 1.14 bits per heavy atom. The zero-order valence-electron chi connectivity index (χ0n) is 20.4. The highest BCUT2D eigenvalue weighted by atomic mass is 19.1. The van der Waals surface area contributed by atoms with Crippen molar-refractivity contribution in [2.24, 2.45) is 0 Å². The molecule has 1 fully saturated rings. The first-order valence-electron chi connectivity index (χ1n) is 12.3. The molecule has 2 aromatic carbocycles. The van der Waals surface area contributed by atoms with Gasteiger partial charge in [0.2, 0.25) is 0 Å². The summed E-state index contributed by atoms with van der Waals surface area (Å²) in [6.45, 7) is 3.43. The number of rotatable bonds is 2. The van der Waals surface area contributed by atoms with Gasteiger partial charge < -0.3 is 19.5 Å². The molecule has 4 heterocycles. The van der Waals surface area contributed by atoms with E-state index in [-0.39, 0.29) is 24.1 Å². The largest absolute Gasteiger partial charge is 0.491 e. The van der Waals surface area contributed by atoms with E-state index in [1.807, 2.05) is 19.1 Å². The number of aromatic amines is 1. The molecule has 2 amide bonds. The van der Waals surface area contributed by atoms with Gasteiger partial charge in [-0.3, -0.25) is 4.79 Å². The number of likely N-dealkylation sites (tertiary alicyclic amines) is 1. The zero-order chi connectivity index (χ0) is 25.5. The predicted octanol–water partition coefficient (Wildman–Crippen LogP) is 4.79.